The molecule has 0 aromatic carbocycles. The van der Waals surface area contributed by atoms with E-state index in [1.165, 1.54) is 0 Å². The Morgan fingerprint density at radius 2 is 2.53 bits per heavy atom. The summed E-state index contributed by atoms with van der Waals surface area (Å²) in [6, 6.07) is 2.49. The van der Waals surface area contributed by atoms with E-state index in [1.54, 1.807) is 12.5 Å². The third-order valence-corrected chi connectivity index (χ3v) is 2.71. The van der Waals surface area contributed by atoms with Crippen molar-refractivity contribution >= 4 is 0 Å². The first kappa shape index (κ1) is 10.5. The normalized spacial score (nSPS) is 26.5. The van der Waals surface area contributed by atoms with E-state index < -0.39 is 0 Å². The first-order valence-corrected chi connectivity index (χ1v) is 5.51. The van der Waals surface area contributed by atoms with Gasteiger partial charge in [-0.05, 0) is 25.5 Å². The molecule has 2 unspecified atom stereocenters. The van der Waals surface area contributed by atoms with Gasteiger partial charge in [-0.15, -0.1) is 0 Å². The molecule has 15 heavy (non-hydrogen) atoms. The fourth-order valence-electron chi connectivity index (χ4n) is 1.97. The lowest BCUT2D eigenvalue weighted by Gasteiger charge is -2.29. The van der Waals surface area contributed by atoms with Gasteiger partial charge in [0.1, 0.15) is 12.4 Å². The Bertz CT molecular complexity index is 289. The molecular weight excluding hydrogens is 190 g/mol. The molecule has 1 aliphatic heterocycles. The van der Waals surface area contributed by atoms with Crippen LogP contribution in [0.15, 0.2) is 18.6 Å². The van der Waals surface area contributed by atoms with E-state index in [4.69, 9.17) is 4.74 Å². The Morgan fingerprint density at radius 1 is 1.60 bits per heavy atom. The molecular formula is C11H17N3O. The van der Waals surface area contributed by atoms with Crippen LogP contribution >= 0.6 is 0 Å². The van der Waals surface area contributed by atoms with E-state index in [2.05, 4.69) is 22.2 Å². The predicted octanol–water partition coefficient (Wildman–Crippen LogP) is 1.31. The molecule has 0 bridgehead atoms. The number of aromatic nitrogens is 2. The molecule has 1 aromatic rings. The summed E-state index contributed by atoms with van der Waals surface area (Å²) in [5, 5.41) is 3.46. The van der Waals surface area contributed by atoms with Crippen molar-refractivity contribution in [1.82, 2.24) is 15.3 Å². The van der Waals surface area contributed by atoms with E-state index >= 15 is 0 Å². The summed E-state index contributed by atoms with van der Waals surface area (Å²) in [6.07, 6.45) is 5.57. The van der Waals surface area contributed by atoms with Gasteiger partial charge in [-0.1, -0.05) is 6.92 Å². The van der Waals surface area contributed by atoms with Crippen molar-refractivity contribution in [2.45, 2.75) is 31.9 Å². The predicted molar refractivity (Wildman–Crippen MR) is 57.4 cm³/mol. The lowest BCUT2D eigenvalue weighted by Crippen LogP contribution is -2.36. The molecule has 0 aliphatic carbocycles. The molecule has 1 fully saturated rings. The largest absolute Gasteiger partial charge is 0.372 e. The Hall–Kier alpha value is -1.00. The number of ether oxygens (including phenoxy) is 1. The highest BCUT2D eigenvalue weighted by Crippen LogP contribution is 2.26. The summed E-state index contributed by atoms with van der Waals surface area (Å²) in [4.78, 5) is 8.15. The summed E-state index contributed by atoms with van der Waals surface area (Å²) in [6.45, 7) is 3.96. The average molecular weight is 207 g/mol. The third-order valence-electron chi connectivity index (χ3n) is 2.71. The fourth-order valence-corrected chi connectivity index (χ4v) is 1.97. The fraction of sp³-hybridized carbons (Fsp3) is 0.636. The van der Waals surface area contributed by atoms with Crippen LogP contribution < -0.4 is 5.32 Å². The standard InChI is InChI=1S/C11H17N3O/c1-2-13-9-4-6-15-11(7-9)10-3-5-12-8-14-10/h3,5,8-9,11,13H,2,4,6-7H2,1H3. The number of nitrogens with zero attached hydrogens (tertiary/aromatic N) is 2. The highest BCUT2D eigenvalue weighted by molar-refractivity contribution is 5.04. The molecule has 0 amide bonds. The lowest BCUT2D eigenvalue weighted by atomic mass is 10.0. The van der Waals surface area contributed by atoms with E-state index in [9.17, 15) is 0 Å². The second-order valence-corrected chi connectivity index (χ2v) is 3.77. The first-order valence-electron chi connectivity index (χ1n) is 5.51. The van der Waals surface area contributed by atoms with E-state index in [-0.39, 0.29) is 6.10 Å². The average Bonchev–Trinajstić information content (AvgIpc) is 2.31. The number of hydrogen-bond acceptors (Lipinski definition) is 4. The first-order chi connectivity index (χ1) is 7.40. The molecule has 1 aliphatic rings. The minimum absolute atomic E-state index is 0.130. The summed E-state index contributed by atoms with van der Waals surface area (Å²) in [5.74, 6) is 0. The van der Waals surface area contributed by atoms with Crippen LogP contribution in [0.4, 0.5) is 0 Å². The molecule has 2 atom stereocenters. The Balaban J connectivity index is 1.98. The molecule has 0 spiro atoms. The van der Waals surface area contributed by atoms with E-state index in [0.29, 0.717) is 6.04 Å². The Labute approximate surface area is 90.1 Å². The minimum atomic E-state index is 0.130. The van der Waals surface area contributed by atoms with Crippen molar-refractivity contribution in [3.05, 3.63) is 24.3 Å². The van der Waals surface area contributed by atoms with Gasteiger partial charge in [-0.3, -0.25) is 0 Å². The minimum Gasteiger partial charge on any atom is -0.372 e. The van der Waals surface area contributed by atoms with Crippen molar-refractivity contribution in [3.8, 4) is 0 Å². The topological polar surface area (TPSA) is 47.0 Å². The maximum absolute atomic E-state index is 5.71. The van der Waals surface area contributed by atoms with Gasteiger partial charge in [0.25, 0.3) is 0 Å². The highest BCUT2D eigenvalue weighted by Gasteiger charge is 2.23. The van der Waals surface area contributed by atoms with Crippen molar-refractivity contribution in [2.24, 2.45) is 0 Å². The second kappa shape index (κ2) is 5.19. The van der Waals surface area contributed by atoms with Crippen LogP contribution in [0.1, 0.15) is 31.6 Å². The molecule has 82 valence electrons. The molecule has 1 saturated heterocycles. The van der Waals surface area contributed by atoms with Gasteiger partial charge in [0.05, 0.1) is 5.69 Å². The van der Waals surface area contributed by atoms with Gasteiger partial charge in [-0.25, -0.2) is 9.97 Å². The van der Waals surface area contributed by atoms with Crippen molar-refractivity contribution in [3.63, 3.8) is 0 Å². The van der Waals surface area contributed by atoms with Gasteiger partial charge in [0.2, 0.25) is 0 Å². The summed E-state index contributed by atoms with van der Waals surface area (Å²) in [7, 11) is 0. The number of hydrogen-bond donors (Lipinski definition) is 1. The van der Waals surface area contributed by atoms with E-state index in [0.717, 1.165) is 31.7 Å². The van der Waals surface area contributed by atoms with Crippen LogP contribution in [0.2, 0.25) is 0 Å². The number of rotatable bonds is 3. The highest BCUT2D eigenvalue weighted by atomic mass is 16.5. The molecule has 0 radical (unpaired) electrons. The van der Waals surface area contributed by atoms with Crippen LogP contribution in [0, 0.1) is 0 Å². The molecule has 1 aromatic heterocycles. The van der Waals surface area contributed by atoms with Crippen molar-refractivity contribution in [1.29, 1.82) is 0 Å². The zero-order chi connectivity index (χ0) is 10.5. The lowest BCUT2D eigenvalue weighted by molar-refractivity contribution is -0.00196. The Morgan fingerprint density at radius 3 is 3.27 bits per heavy atom. The van der Waals surface area contributed by atoms with Crippen LogP contribution in [0.25, 0.3) is 0 Å². The molecule has 2 rings (SSSR count). The van der Waals surface area contributed by atoms with Gasteiger partial charge < -0.3 is 10.1 Å². The molecule has 2 heterocycles. The van der Waals surface area contributed by atoms with Gasteiger partial charge in [0.15, 0.2) is 0 Å². The molecule has 1 N–H and O–H groups in total. The van der Waals surface area contributed by atoms with Crippen molar-refractivity contribution < 1.29 is 4.74 Å². The van der Waals surface area contributed by atoms with Gasteiger partial charge >= 0.3 is 0 Å². The molecule has 4 nitrogen and oxygen atoms in total. The molecule has 0 saturated carbocycles. The monoisotopic (exact) mass is 207 g/mol. The van der Waals surface area contributed by atoms with Gasteiger partial charge in [-0.2, -0.15) is 0 Å². The zero-order valence-electron chi connectivity index (χ0n) is 9.02. The SMILES string of the molecule is CCNC1CCOC(c2ccncn2)C1. The van der Waals surface area contributed by atoms with Gasteiger partial charge in [0, 0.05) is 18.8 Å². The Kier molecular flexibility index (Phi) is 3.64. The number of nitrogens with one attached hydrogen (secondary N) is 1. The molecule has 4 heteroatoms. The van der Waals surface area contributed by atoms with Crippen LogP contribution in [-0.4, -0.2) is 29.2 Å². The smallest absolute Gasteiger partial charge is 0.115 e. The van der Waals surface area contributed by atoms with Crippen LogP contribution in [0.3, 0.4) is 0 Å². The zero-order valence-corrected chi connectivity index (χ0v) is 9.02. The van der Waals surface area contributed by atoms with Crippen LogP contribution in [0.5, 0.6) is 0 Å². The third kappa shape index (κ3) is 2.73. The van der Waals surface area contributed by atoms with Crippen molar-refractivity contribution in [2.75, 3.05) is 13.2 Å². The maximum Gasteiger partial charge on any atom is 0.115 e. The summed E-state index contributed by atoms with van der Waals surface area (Å²) < 4.78 is 5.71. The quantitative estimate of drug-likeness (QED) is 0.811. The summed E-state index contributed by atoms with van der Waals surface area (Å²) in [5.41, 5.74) is 0.993. The van der Waals surface area contributed by atoms with E-state index in [1.807, 2.05) is 6.07 Å². The maximum atomic E-state index is 5.71. The second-order valence-electron chi connectivity index (χ2n) is 3.77. The van der Waals surface area contributed by atoms with Crippen LogP contribution in [-0.2, 0) is 4.74 Å². The summed E-state index contributed by atoms with van der Waals surface area (Å²) >= 11 is 0.